The molecule has 2 aromatic rings. The van der Waals surface area contributed by atoms with Crippen LogP contribution in [0.2, 0.25) is 10.0 Å². The number of hydrogen-bond donors (Lipinski definition) is 2. The lowest BCUT2D eigenvalue weighted by Gasteiger charge is -2.48. The van der Waals surface area contributed by atoms with Crippen LogP contribution in [-0.2, 0) is 4.79 Å². The molecule has 2 aliphatic heterocycles. The standard InChI is InChI=1S/C23H25Cl2N3O2/c24-15-8-10-16(11-9-15)26-22(29)14-28-18-4-3-5-19(28)13-17(12-18)27-23(30)20-6-1-2-7-21(20)25/h1-2,6-11,17-19H,3-5,12-14H2,(H,26,29)(H,27,30). The van der Waals surface area contributed by atoms with Crippen LogP contribution in [0.3, 0.4) is 0 Å². The monoisotopic (exact) mass is 445 g/mol. The lowest BCUT2D eigenvalue weighted by molar-refractivity contribution is -0.120. The number of rotatable bonds is 5. The Morgan fingerprint density at radius 2 is 1.63 bits per heavy atom. The van der Waals surface area contributed by atoms with Crippen LogP contribution >= 0.6 is 23.2 Å². The molecule has 2 fully saturated rings. The van der Waals surface area contributed by atoms with Crippen molar-refractivity contribution in [2.24, 2.45) is 0 Å². The predicted octanol–water partition coefficient (Wildman–Crippen LogP) is 4.75. The van der Waals surface area contributed by atoms with E-state index >= 15 is 0 Å². The van der Waals surface area contributed by atoms with Gasteiger partial charge in [0.15, 0.2) is 0 Å². The normalized spacial score (nSPS) is 23.6. The van der Waals surface area contributed by atoms with E-state index in [1.165, 1.54) is 0 Å². The maximum Gasteiger partial charge on any atom is 0.253 e. The fraction of sp³-hybridized carbons (Fsp3) is 0.391. The van der Waals surface area contributed by atoms with Crippen molar-refractivity contribution in [3.05, 3.63) is 64.1 Å². The minimum Gasteiger partial charge on any atom is -0.349 e. The summed E-state index contributed by atoms with van der Waals surface area (Å²) in [6.45, 7) is 0.364. The molecule has 7 heteroatoms. The van der Waals surface area contributed by atoms with E-state index in [4.69, 9.17) is 23.2 Å². The summed E-state index contributed by atoms with van der Waals surface area (Å²) in [7, 11) is 0. The smallest absolute Gasteiger partial charge is 0.253 e. The number of nitrogens with zero attached hydrogens (tertiary/aromatic N) is 1. The van der Waals surface area contributed by atoms with Gasteiger partial charge >= 0.3 is 0 Å². The Morgan fingerprint density at radius 1 is 0.967 bits per heavy atom. The van der Waals surface area contributed by atoms with E-state index in [1.54, 1.807) is 36.4 Å². The van der Waals surface area contributed by atoms with Gasteiger partial charge in [0.25, 0.3) is 5.91 Å². The molecule has 0 radical (unpaired) electrons. The molecule has 30 heavy (non-hydrogen) atoms. The highest BCUT2D eigenvalue weighted by Gasteiger charge is 2.39. The molecule has 2 amide bonds. The summed E-state index contributed by atoms with van der Waals surface area (Å²) in [4.78, 5) is 27.6. The Hall–Kier alpha value is -2.08. The van der Waals surface area contributed by atoms with E-state index in [0.717, 1.165) is 37.8 Å². The highest BCUT2D eigenvalue weighted by atomic mass is 35.5. The first kappa shape index (κ1) is 21.2. The third-order valence-electron chi connectivity index (χ3n) is 6.03. The van der Waals surface area contributed by atoms with Crippen LogP contribution < -0.4 is 10.6 Å². The first-order valence-corrected chi connectivity index (χ1v) is 11.1. The molecular formula is C23H25Cl2N3O2. The fourth-order valence-electron chi connectivity index (χ4n) is 4.66. The zero-order valence-electron chi connectivity index (χ0n) is 16.6. The van der Waals surface area contributed by atoms with E-state index in [0.29, 0.717) is 34.2 Å². The number of carbonyl (C=O) groups is 2. The summed E-state index contributed by atoms with van der Waals surface area (Å²) in [6, 6.07) is 14.9. The lowest BCUT2D eigenvalue weighted by Crippen LogP contribution is -2.58. The average molecular weight is 446 g/mol. The maximum atomic E-state index is 12.7. The van der Waals surface area contributed by atoms with Gasteiger partial charge in [-0.25, -0.2) is 0 Å². The second-order valence-electron chi connectivity index (χ2n) is 8.09. The number of halogens is 2. The van der Waals surface area contributed by atoms with Gasteiger partial charge in [0, 0.05) is 28.8 Å². The van der Waals surface area contributed by atoms with Crippen molar-refractivity contribution < 1.29 is 9.59 Å². The van der Waals surface area contributed by atoms with Gasteiger partial charge in [-0.3, -0.25) is 14.5 Å². The molecule has 0 aromatic heterocycles. The minimum atomic E-state index is -0.127. The van der Waals surface area contributed by atoms with Crippen LogP contribution in [0.5, 0.6) is 0 Å². The molecule has 2 aromatic carbocycles. The van der Waals surface area contributed by atoms with Gasteiger partial charge < -0.3 is 10.6 Å². The summed E-state index contributed by atoms with van der Waals surface area (Å²) in [5, 5.41) is 7.22. The number of carbonyl (C=O) groups excluding carboxylic acids is 2. The van der Waals surface area contributed by atoms with E-state index in [9.17, 15) is 9.59 Å². The fourth-order valence-corrected chi connectivity index (χ4v) is 5.01. The number of piperidine rings is 2. The molecule has 2 aliphatic rings. The summed E-state index contributed by atoms with van der Waals surface area (Å²) in [6.07, 6.45) is 4.95. The summed E-state index contributed by atoms with van der Waals surface area (Å²) in [5.74, 6) is -0.148. The number of hydrogen-bond acceptors (Lipinski definition) is 3. The highest BCUT2D eigenvalue weighted by molar-refractivity contribution is 6.33. The Balaban J connectivity index is 1.36. The highest BCUT2D eigenvalue weighted by Crippen LogP contribution is 2.34. The van der Waals surface area contributed by atoms with Crippen molar-refractivity contribution in [1.29, 1.82) is 0 Å². The maximum absolute atomic E-state index is 12.7. The molecule has 2 bridgehead atoms. The van der Waals surface area contributed by atoms with Crippen molar-refractivity contribution >= 4 is 40.7 Å². The molecule has 0 saturated carbocycles. The number of fused-ring (bicyclic) bond motifs is 2. The van der Waals surface area contributed by atoms with Crippen LogP contribution in [0.15, 0.2) is 48.5 Å². The number of amides is 2. The van der Waals surface area contributed by atoms with E-state index in [1.807, 2.05) is 12.1 Å². The molecule has 0 aliphatic carbocycles. The Labute approximate surface area is 186 Å². The van der Waals surface area contributed by atoms with Gasteiger partial charge in [0.2, 0.25) is 5.91 Å². The van der Waals surface area contributed by atoms with Gasteiger partial charge in [-0.1, -0.05) is 41.8 Å². The second-order valence-corrected chi connectivity index (χ2v) is 8.93. The topological polar surface area (TPSA) is 61.4 Å². The van der Waals surface area contributed by atoms with Crippen molar-refractivity contribution in [3.63, 3.8) is 0 Å². The zero-order chi connectivity index (χ0) is 21.1. The summed E-state index contributed by atoms with van der Waals surface area (Å²) in [5.41, 5.74) is 1.26. The van der Waals surface area contributed by atoms with Gasteiger partial charge in [-0.15, -0.1) is 0 Å². The molecule has 2 atom stereocenters. The van der Waals surface area contributed by atoms with Crippen molar-refractivity contribution in [2.45, 2.75) is 50.2 Å². The van der Waals surface area contributed by atoms with Crippen LogP contribution in [0.25, 0.3) is 0 Å². The van der Waals surface area contributed by atoms with Crippen molar-refractivity contribution in [2.75, 3.05) is 11.9 Å². The van der Waals surface area contributed by atoms with Crippen molar-refractivity contribution in [3.8, 4) is 0 Å². The van der Waals surface area contributed by atoms with Crippen LogP contribution in [0, 0.1) is 0 Å². The first-order chi connectivity index (χ1) is 14.5. The largest absolute Gasteiger partial charge is 0.349 e. The third-order valence-corrected chi connectivity index (χ3v) is 6.62. The molecule has 2 saturated heterocycles. The quantitative estimate of drug-likeness (QED) is 0.697. The lowest BCUT2D eigenvalue weighted by atomic mass is 9.81. The van der Waals surface area contributed by atoms with Crippen LogP contribution in [-0.4, -0.2) is 41.4 Å². The van der Waals surface area contributed by atoms with Gasteiger partial charge in [0.05, 0.1) is 17.1 Å². The van der Waals surface area contributed by atoms with Gasteiger partial charge in [0.1, 0.15) is 0 Å². The van der Waals surface area contributed by atoms with Crippen LogP contribution in [0.4, 0.5) is 5.69 Å². The third kappa shape index (κ3) is 4.97. The first-order valence-electron chi connectivity index (χ1n) is 10.4. The van der Waals surface area contributed by atoms with E-state index < -0.39 is 0 Å². The van der Waals surface area contributed by atoms with E-state index in [2.05, 4.69) is 15.5 Å². The van der Waals surface area contributed by atoms with Gasteiger partial charge in [-0.2, -0.15) is 0 Å². The number of anilines is 1. The summed E-state index contributed by atoms with van der Waals surface area (Å²) >= 11 is 12.1. The average Bonchev–Trinajstić information content (AvgIpc) is 2.70. The molecule has 2 N–H and O–H groups in total. The molecule has 2 unspecified atom stereocenters. The number of nitrogens with one attached hydrogen (secondary N) is 2. The Morgan fingerprint density at radius 3 is 2.30 bits per heavy atom. The molecule has 0 spiro atoms. The Bertz CT molecular complexity index is 905. The minimum absolute atomic E-state index is 0.0206. The second kappa shape index (κ2) is 9.38. The van der Waals surface area contributed by atoms with E-state index in [-0.39, 0.29) is 17.9 Å². The molecule has 5 nitrogen and oxygen atoms in total. The molecule has 4 rings (SSSR count). The summed E-state index contributed by atoms with van der Waals surface area (Å²) < 4.78 is 0. The van der Waals surface area contributed by atoms with Crippen molar-refractivity contribution in [1.82, 2.24) is 10.2 Å². The SMILES string of the molecule is O=C(CN1C2CCCC1CC(NC(=O)c1ccccc1Cl)C2)Nc1ccc(Cl)cc1. The van der Waals surface area contributed by atoms with Gasteiger partial charge in [-0.05, 0) is 62.1 Å². The predicted molar refractivity (Wildman–Crippen MR) is 120 cm³/mol. The van der Waals surface area contributed by atoms with Crippen LogP contribution in [0.1, 0.15) is 42.5 Å². The molecular weight excluding hydrogens is 421 g/mol. The molecule has 158 valence electrons. The zero-order valence-corrected chi connectivity index (χ0v) is 18.1. The molecule has 2 heterocycles. The Kier molecular flexibility index (Phi) is 6.61. The number of benzene rings is 2.